The van der Waals surface area contributed by atoms with Crippen LogP contribution in [0.5, 0.6) is 0 Å². The number of hydrogen-bond acceptors (Lipinski definition) is 3. The van der Waals surface area contributed by atoms with Crippen LogP contribution in [0.2, 0.25) is 0 Å². The van der Waals surface area contributed by atoms with Gasteiger partial charge in [0.25, 0.3) is 0 Å². The molecule has 26 heavy (non-hydrogen) atoms. The molecule has 2 unspecified atom stereocenters. The van der Waals surface area contributed by atoms with Gasteiger partial charge in [0, 0.05) is 27.1 Å². The van der Waals surface area contributed by atoms with Crippen LogP contribution >= 0.6 is 0 Å². The molecule has 1 amide bonds. The number of hydrogen-bond donors (Lipinski definition) is 0. The fourth-order valence-electron chi connectivity index (χ4n) is 2.61. The van der Waals surface area contributed by atoms with E-state index in [2.05, 4.69) is 0 Å². The Kier molecular flexibility index (Phi) is 12.0. The Labute approximate surface area is 201 Å². The SMILES string of the molecule is [2H]C([2H])([2H])C1=CCC(C(=O)N(C)OC)CC1.[2H]C([2H])([2H])C1=CCC(C(C)=O)CC1.[CH3-].[I-].[Mg+2]. The van der Waals surface area contributed by atoms with Crippen LogP contribution in [0.3, 0.4) is 0 Å². The van der Waals surface area contributed by atoms with Crippen molar-refractivity contribution < 1.29 is 46.6 Å². The molecular weight excluding hydrogens is 453 g/mol. The molecule has 2 rings (SSSR count). The van der Waals surface area contributed by atoms with Gasteiger partial charge in [0.1, 0.15) is 5.78 Å². The largest absolute Gasteiger partial charge is 2.00 e. The molecule has 0 aromatic heterocycles. The van der Waals surface area contributed by atoms with Crippen molar-refractivity contribution in [3.05, 3.63) is 30.7 Å². The third-order valence-corrected chi connectivity index (χ3v) is 4.33. The van der Waals surface area contributed by atoms with E-state index >= 15 is 0 Å². The number of allylic oxidation sites excluding steroid dienone is 4. The molecule has 2 aliphatic carbocycles. The molecule has 0 heterocycles. The van der Waals surface area contributed by atoms with Gasteiger partial charge in [-0.1, -0.05) is 23.3 Å². The Hall–Kier alpha value is 0.0762. The van der Waals surface area contributed by atoms with Crippen molar-refractivity contribution in [3.8, 4) is 0 Å². The van der Waals surface area contributed by atoms with Crippen molar-refractivity contribution >= 4 is 34.7 Å². The number of hydroxylamine groups is 2. The Morgan fingerprint density at radius 1 is 1.12 bits per heavy atom. The smallest absolute Gasteiger partial charge is 1.00 e. The molecule has 2 aliphatic rings. The van der Waals surface area contributed by atoms with Gasteiger partial charge in [-0.05, 0) is 59.2 Å². The van der Waals surface area contributed by atoms with Gasteiger partial charge >= 0.3 is 23.1 Å². The molecule has 0 aliphatic heterocycles. The number of rotatable bonds is 3. The second-order valence-electron chi connectivity index (χ2n) is 6.03. The first kappa shape index (κ1) is 19.4. The molecule has 0 fully saturated rings. The maximum atomic E-state index is 11.7. The molecule has 0 radical (unpaired) electrons. The van der Waals surface area contributed by atoms with Crippen molar-refractivity contribution in [2.24, 2.45) is 11.8 Å². The maximum Gasteiger partial charge on any atom is 2.00 e. The molecule has 0 aromatic carbocycles. The molecular formula is C20H34IMgNO3. The third-order valence-electron chi connectivity index (χ3n) is 4.33. The van der Waals surface area contributed by atoms with Crippen LogP contribution in [-0.2, 0) is 14.4 Å². The average molecular weight is 494 g/mol. The van der Waals surface area contributed by atoms with Crippen molar-refractivity contribution in [3.63, 3.8) is 0 Å². The summed E-state index contributed by atoms with van der Waals surface area (Å²) in [6, 6.07) is 0. The van der Waals surface area contributed by atoms with Gasteiger partial charge in [-0.3, -0.25) is 14.4 Å². The van der Waals surface area contributed by atoms with Gasteiger partial charge in [0.15, 0.2) is 0 Å². The summed E-state index contributed by atoms with van der Waals surface area (Å²) in [7, 11) is 3.00. The number of halogens is 1. The topological polar surface area (TPSA) is 46.6 Å². The zero-order valence-electron chi connectivity index (χ0n) is 22.3. The van der Waals surface area contributed by atoms with Crippen LogP contribution in [0, 0.1) is 19.3 Å². The monoisotopic (exact) mass is 493 g/mol. The Balaban J connectivity index is -0.000000488. The minimum absolute atomic E-state index is 0. The normalized spacial score (nSPS) is 25.5. The van der Waals surface area contributed by atoms with E-state index in [4.69, 9.17) is 13.1 Å². The average Bonchev–Trinajstić information content (AvgIpc) is 2.66. The van der Waals surface area contributed by atoms with E-state index in [9.17, 15) is 9.59 Å². The van der Waals surface area contributed by atoms with Crippen molar-refractivity contribution in [1.29, 1.82) is 0 Å². The number of amides is 1. The van der Waals surface area contributed by atoms with Crippen molar-refractivity contribution in [2.75, 3.05) is 14.2 Å². The summed E-state index contributed by atoms with van der Waals surface area (Å²) in [6.07, 6.45) is 6.75. The van der Waals surface area contributed by atoms with Crippen LogP contribution in [0.15, 0.2) is 23.3 Å². The van der Waals surface area contributed by atoms with Crippen LogP contribution in [0.25, 0.3) is 0 Å². The molecule has 2 atom stereocenters. The molecule has 0 bridgehead atoms. The molecule has 0 aromatic rings. The van der Waals surface area contributed by atoms with Gasteiger partial charge in [-0.25, -0.2) is 5.06 Å². The molecule has 0 N–H and O–H groups in total. The van der Waals surface area contributed by atoms with Crippen molar-refractivity contribution in [2.45, 2.75) is 59.2 Å². The van der Waals surface area contributed by atoms with Gasteiger partial charge in [-0.15, -0.1) is 0 Å². The maximum absolute atomic E-state index is 11.7. The van der Waals surface area contributed by atoms with Gasteiger partial charge in [-0.2, -0.15) is 0 Å². The first-order valence-electron chi connectivity index (χ1n) is 11.0. The first-order valence-corrected chi connectivity index (χ1v) is 7.98. The van der Waals surface area contributed by atoms with Gasteiger partial charge in [0.2, 0.25) is 5.91 Å². The number of carbonyl (C=O) groups is 2. The third kappa shape index (κ3) is 11.0. The molecule has 0 saturated carbocycles. The van der Waals surface area contributed by atoms with Crippen LogP contribution in [0.1, 0.15) is 67.4 Å². The van der Waals surface area contributed by atoms with Gasteiger partial charge in [0.05, 0.1) is 7.11 Å². The summed E-state index contributed by atoms with van der Waals surface area (Å²) in [6.45, 7) is -2.40. The minimum atomic E-state index is -2.01. The zero-order valence-corrected chi connectivity index (χ0v) is 19.9. The van der Waals surface area contributed by atoms with Gasteiger partial charge < -0.3 is 31.4 Å². The van der Waals surface area contributed by atoms with E-state index < -0.39 is 13.7 Å². The standard InChI is InChI=1S/C10H17NO2.C9H14O.CH3.HI.Mg/c1-8-4-6-9(7-5-8)10(12)11(2)13-3;1-7-3-5-9(6-4-7)8(2)10;;;/h4,9H,5-7H2,1-3H3;3,9H,4-6H2,1-2H3;1H3;1H;/q;;-1;;+2/p-1/i2*1D3;;;. The fourth-order valence-corrected chi connectivity index (χ4v) is 2.61. The molecule has 0 saturated heterocycles. The quantitative estimate of drug-likeness (QED) is 0.195. The Morgan fingerprint density at radius 3 is 1.88 bits per heavy atom. The van der Waals surface area contributed by atoms with E-state index in [1.54, 1.807) is 26.1 Å². The first-order chi connectivity index (χ1) is 13.3. The molecule has 146 valence electrons. The zero-order chi connectivity index (χ0) is 22.4. The van der Waals surface area contributed by atoms with E-state index in [0.717, 1.165) is 0 Å². The number of ketones is 1. The number of carbonyl (C=O) groups excluding carboxylic acids is 2. The Bertz CT molecular complexity index is 665. The second kappa shape index (κ2) is 16.1. The predicted octanol–water partition coefficient (Wildman–Crippen LogP) is 1.15. The van der Waals surface area contributed by atoms with Crippen LogP contribution in [0.4, 0.5) is 0 Å². The predicted molar refractivity (Wildman–Crippen MR) is 105 cm³/mol. The summed E-state index contributed by atoms with van der Waals surface area (Å²) in [5, 5.41) is 1.19. The fraction of sp³-hybridized carbons (Fsp3) is 0.650. The summed E-state index contributed by atoms with van der Waals surface area (Å²) in [5.41, 5.74) is 0.988. The molecule has 4 nitrogen and oxygen atoms in total. The Morgan fingerprint density at radius 2 is 1.58 bits per heavy atom. The molecule has 6 heteroatoms. The summed E-state index contributed by atoms with van der Waals surface area (Å²) in [4.78, 5) is 27.5. The number of Topliss-reactive ketones (excluding diaryl/α,β-unsaturated/α-hetero) is 1. The van der Waals surface area contributed by atoms with Crippen LogP contribution < -0.4 is 24.0 Å². The van der Waals surface area contributed by atoms with E-state index in [0.29, 0.717) is 49.7 Å². The summed E-state index contributed by atoms with van der Waals surface area (Å²) >= 11 is 0. The van der Waals surface area contributed by atoms with Crippen molar-refractivity contribution in [1.82, 2.24) is 5.06 Å². The minimum Gasteiger partial charge on any atom is -1.00 e. The second-order valence-corrected chi connectivity index (χ2v) is 6.03. The number of nitrogens with zero attached hydrogens (tertiary/aromatic N) is 1. The van der Waals surface area contributed by atoms with E-state index in [-0.39, 0.29) is 78.0 Å². The molecule has 0 spiro atoms. The van der Waals surface area contributed by atoms with Crippen LogP contribution in [-0.4, -0.2) is 54.0 Å². The summed E-state index contributed by atoms with van der Waals surface area (Å²) < 4.78 is 43.3. The van der Waals surface area contributed by atoms with E-state index in [1.807, 2.05) is 0 Å². The summed E-state index contributed by atoms with van der Waals surface area (Å²) in [5.74, 6) is -0.0358. The van der Waals surface area contributed by atoms with E-state index in [1.165, 1.54) is 12.2 Å².